The molecule has 2 aromatic heterocycles. The average Bonchev–Trinajstić information content (AvgIpc) is 3.30. The number of aliphatic hydroxyl groups excluding tert-OH is 2. The molecule has 2 aliphatic rings. The van der Waals surface area contributed by atoms with Gasteiger partial charge in [-0.05, 0) is 19.8 Å². The predicted octanol–water partition coefficient (Wildman–Crippen LogP) is 0.543. The predicted molar refractivity (Wildman–Crippen MR) is 83.2 cm³/mol. The van der Waals surface area contributed by atoms with Crippen LogP contribution in [0.1, 0.15) is 26.0 Å². The number of ether oxygens (including phenoxy) is 1. The Morgan fingerprint density at radius 3 is 2.76 bits per heavy atom. The van der Waals surface area contributed by atoms with Crippen molar-refractivity contribution in [1.29, 1.82) is 0 Å². The van der Waals surface area contributed by atoms with Crippen LogP contribution in [0.3, 0.4) is 0 Å². The van der Waals surface area contributed by atoms with Gasteiger partial charge in [0.05, 0.1) is 12.9 Å². The van der Waals surface area contributed by atoms with Crippen LogP contribution in [-0.2, 0) is 4.74 Å². The van der Waals surface area contributed by atoms with Crippen LogP contribution in [0.15, 0.2) is 6.33 Å². The Hall–Kier alpha value is -1.91. The molecule has 0 spiro atoms. The molecule has 2 N–H and O–H groups in total. The minimum Gasteiger partial charge on any atom is -0.394 e. The Morgan fingerprint density at radius 1 is 1.44 bits per heavy atom. The molecule has 25 heavy (non-hydrogen) atoms. The van der Waals surface area contributed by atoms with Crippen molar-refractivity contribution in [2.24, 2.45) is 0 Å². The van der Waals surface area contributed by atoms with Crippen molar-refractivity contribution >= 4 is 17.0 Å². The summed E-state index contributed by atoms with van der Waals surface area (Å²) in [5.74, 6) is 0.335. The number of halogens is 2. The molecule has 0 unspecified atom stereocenters. The van der Waals surface area contributed by atoms with E-state index in [1.807, 2.05) is 4.90 Å². The summed E-state index contributed by atoms with van der Waals surface area (Å²) in [5, 5.41) is 19.3. The standard InChI is InChI=1S/C15H19F2N5O3/c1-15(17)10(24)8(5-23)25-13(15)22-6-18-9-11(21(2)7-3-4-7)19-14(16)20-12(9)22/h6-8,10,13,23-24H,3-5H2,1-2H3/t8-,10-,13-,15-/m1/s1. The van der Waals surface area contributed by atoms with Gasteiger partial charge in [-0.3, -0.25) is 4.57 Å². The van der Waals surface area contributed by atoms with Crippen molar-refractivity contribution in [3.63, 3.8) is 0 Å². The largest absolute Gasteiger partial charge is 0.394 e. The molecule has 1 aliphatic carbocycles. The van der Waals surface area contributed by atoms with E-state index >= 15 is 4.39 Å². The minimum atomic E-state index is -2.20. The minimum absolute atomic E-state index is 0.0784. The first-order valence-electron chi connectivity index (χ1n) is 8.10. The Kier molecular flexibility index (Phi) is 3.67. The van der Waals surface area contributed by atoms with Crippen molar-refractivity contribution < 1.29 is 23.7 Å². The zero-order valence-corrected chi connectivity index (χ0v) is 13.8. The monoisotopic (exact) mass is 355 g/mol. The van der Waals surface area contributed by atoms with Gasteiger partial charge in [0.25, 0.3) is 0 Å². The number of aromatic nitrogens is 4. The molecule has 3 heterocycles. The summed E-state index contributed by atoms with van der Waals surface area (Å²) in [6, 6.07) is 0.275. The van der Waals surface area contributed by atoms with E-state index in [4.69, 9.17) is 4.74 Å². The summed E-state index contributed by atoms with van der Waals surface area (Å²) in [7, 11) is 1.80. The van der Waals surface area contributed by atoms with Gasteiger partial charge < -0.3 is 19.8 Å². The third kappa shape index (κ3) is 2.47. The lowest BCUT2D eigenvalue weighted by atomic mass is 9.98. The highest BCUT2D eigenvalue weighted by Gasteiger charge is 2.55. The molecule has 0 amide bonds. The van der Waals surface area contributed by atoms with Crippen LogP contribution < -0.4 is 4.90 Å². The number of alkyl halides is 1. The summed E-state index contributed by atoms with van der Waals surface area (Å²) in [6.45, 7) is 0.626. The van der Waals surface area contributed by atoms with Crippen LogP contribution in [0.4, 0.5) is 14.6 Å². The van der Waals surface area contributed by atoms with Crippen LogP contribution in [0, 0.1) is 6.08 Å². The second kappa shape index (κ2) is 5.55. The highest BCUT2D eigenvalue weighted by atomic mass is 19.1. The number of anilines is 1. The maximum absolute atomic E-state index is 15.0. The number of aliphatic hydroxyl groups is 2. The second-order valence-electron chi connectivity index (χ2n) is 6.79. The first-order valence-corrected chi connectivity index (χ1v) is 8.10. The highest BCUT2D eigenvalue weighted by molar-refractivity contribution is 5.83. The van der Waals surface area contributed by atoms with Gasteiger partial charge in [0, 0.05) is 13.1 Å². The first-order chi connectivity index (χ1) is 11.8. The van der Waals surface area contributed by atoms with E-state index in [0.29, 0.717) is 11.3 Å². The summed E-state index contributed by atoms with van der Waals surface area (Å²) in [5.41, 5.74) is -1.79. The van der Waals surface area contributed by atoms with Crippen molar-refractivity contribution in [3.05, 3.63) is 12.4 Å². The molecule has 4 rings (SSSR count). The Morgan fingerprint density at radius 2 is 2.16 bits per heavy atom. The van der Waals surface area contributed by atoms with Gasteiger partial charge in [-0.15, -0.1) is 0 Å². The molecule has 1 aliphatic heterocycles. The van der Waals surface area contributed by atoms with E-state index in [0.717, 1.165) is 12.8 Å². The van der Waals surface area contributed by atoms with Gasteiger partial charge in [-0.25, -0.2) is 9.37 Å². The third-order valence-corrected chi connectivity index (χ3v) is 4.95. The fourth-order valence-electron chi connectivity index (χ4n) is 3.29. The SMILES string of the molecule is CN(c1nc(F)nc2c1ncn2[C@@H]1O[C@H](CO)[C@@H](O)[C@@]1(C)F)C1CC1. The van der Waals surface area contributed by atoms with Gasteiger partial charge in [0.15, 0.2) is 28.9 Å². The molecular weight excluding hydrogens is 336 g/mol. The molecule has 1 saturated carbocycles. The maximum atomic E-state index is 15.0. The van der Waals surface area contributed by atoms with Gasteiger partial charge >= 0.3 is 6.08 Å². The van der Waals surface area contributed by atoms with Crippen LogP contribution in [0.25, 0.3) is 11.2 Å². The fourth-order valence-corrected chi connectivity index (χ4v) is 3.29. The van der Waals surface area contributed by atoms with Crippen LogP contribution >= 0.6 is 0 Å². The molecule has 2 fully saturated rings. The summed E-state index contributed by atoms with van der Waals surface area (Å²) < 4.78 is 35.7. The second-order valence-corrected chi connectivity index (χ2v) is 6.79. The number of imidazole rings is 1. The normalized spacial score (nSPS) is 32.5. The number of hydrogen-bond donors (Lipinski definition) is 2. The third-order valence-electron chi connectivity index (χ3n) is 4.95. The van der Waals surface area contributed by atoms with Gasteiger partial charge in [0.2, 0.25) is 0 Å². The van der Waals surface area contributed by atoms with Crippen LogP contribution in [0.5, 0.6) is 0 Å². The lowest BCUT2D eigenvalue weighted by Crippen LogP contribution is -2.40. The Labute approximate surface area is 142 Å². The fraction of sp³-hybridized carbons (Fsp3) is 0.667. The smallest absolute Gasteiger partial charge is 0.312 e. The molecule has 136 valence electrons. The highest BCUT2D eigenvalue weighted by Crippen LogP contribution is 2.43. The average molecular weight is 355 g/mol. The lowest BCUT2D eigenvalue weighted by molar-refractivity contribution is -0.0567. The summed E-state index contributed by atoms with van der Waals surface area (Å²) in [6.07, 6.45) is -1.59. The molecule has 10 heteroatoms. The molecule has 1 saturated heterocycles. The van der Waals surface area contributed by atoms with Crippen molar-refractivity contribution in [2.45, 2.75) is 49.9 Å². The molecule has 4 atom stereocenters. The zero-order valence-electron chi connectivity index (χ0n) is 13.8. The van der Waals surface area contributed by atoms with Gasteiger partial charge in [0.1, 0.15) is 12.2 Å². The molecule has 0 radical (unpaired) electrons. The quantitative estimate of drug-likeness (QED) is 0.773. The van der Waals surface area contributed by atoms with Crippen molar-refractivity contribution in [2.75, 3.05) is 18.6 Å². The number of fused-ring (bicyclic) bond motifs is 1. The van der Waals surface area contributed by atoms with E-state index in [1.54, 1.807) is 7.05 Å². The van der Waals surface area contributed by atoms with Crippen molar-refractivity contribution in [3.8, 4) is 0 Å². The first kappa shape index (κ1) is 16.6. The Balaban J connectivity index is 1.81. The molecule has 8 nitrogen and oxygen atoms in total. The van der Waals surface area contributed by atoms with E-state index in [2.05, 4.69) is 15.0 Å². The number of hydrogen-bond acceptors (Lipinski definition) is 7. The molecule has 0 aromatic carbocycles. The molecule has 0 bridgehead atoms. The van der Waals surface area contributed by atoms with E-state index in [9.17, 15) is 14.6 Å². The lowest BCUT2D eigenvalue weighted by Gasteiger charge is -2.24. The number of nitrogens with zero attached hydrogens (tertiary/aromatic N) is 5. The van der Waals surface area contributed by atoms with E-state index in [-0.39, 0.29) is 11.7 Å². The zero-order chi connectivity index (χ0) is 17.9. The maximum Gasteiger partial charge on any atom is 0.312 e. The molecule has 2 aromatic rings. The summed E-state index contributed by atoms with van der Waals surface area (Å²) >= 11 is 0. The van der Waals surface area contributed by atoms with Crippen LogP contribution in [0.2, 0.25) is 0 Å². The number of rotatable bonds is 4. The van der Waals surface area contributed by atoms with Crippen LogP contribution in [-0.4, -0.2) is 67.3 Å². The van der Waals surface area contributed by atoms with E-state index < -0.39 is 36.8 Å². The topological polar surface area (TPSA) is 96.5 Å². The summed E-state index contributed by atoms with van der Waals surface area (Å²) in [4.78, 5) is 13.6. The Bertz CT molecular complexity index is 810. The molecular formula is C15H19F2N5O3. The van der Waals surface area contributed by atoms with Crippen molar-refractivity contribution in [1.82, 2.24) is 19.5 Å². The van der Waals surface area contributed by atoms with E-state index in [1.165, 1.54) is 17.8 Å². The van der Waals surface area contributed by atoms with Gasteiger partial charge in [-0.1, -0.05) is 0 Å². The van der Waals surface area contributed by atoms with Gasteiger partial charge in [-0.2, -0.15) is 14.4 Å².